The lowest BCUT2D eigenvalue weighted by Gasteiger charge is -2.18. The van der Waals surface area contributed by atoms with E-state index in [4.69, 9.17) is 14.2 Å². The van der Waals surface area contributed by atoms with Gasteiger partial charge in [-0.25, -0.2) is 0 Å². The van der Waals surface area contributed by atoms with Crippen LogP contribution in [0, 0.1) is 0 Å². The maximum Gasteiger partial charge on any atom is 0.306 e. The second-order valence-electron chi connectivity index (χ2n) is 17.0. The topological polar surface area (TPSA) is 61.8 Å². The summed E-state index contributed by atoms with van der Waals surface area (Å²) in [6.45, 7) is 7.54. The molecule has 0 fully saturated rings. The molecule has 0 aromatic rings. The molecule has 62 heavy (non-hydrogen) atoms. The van der Waals surface area contributed by atoms with Gasteiger partial charge in [0.15, 0.2) is 6.10 Å². The zero-order chi connectivity index (χ0) is 44.9. The molecule has 0 aromatic carbocycles. The molecule has 0 N–H and O–H groups in total. The second kappa shape index (κ2) is 52.4. The Kier molecular flexibility index (Phi) is 50.0. The van der Waals surface area contributed by atoms with Crippen molar-refractivity contribution in [1.29, 1.82) is 0 Å². The van der Waals surface area contributed by atoms with Crippen molar-refractivity contribution in [2.45, 2.75) is 245 Å². The molecule has 0 spiro atoms. The van der Waals surface area contributed by atoms with Gasteiger partial charge in [-0.1, -0.05) is 209 Å². The number of unbranched alkanes of at least 4 members (excludes halogenated alkanes) is 22. The van der Waals surface area contributed by atoms with Gasteiger partial charge in [-0.15, -0.1) is 0 Å². The van der Waals surface area contributed by atoms with Gasteiger partial charge in [-0.05, 0) is 103 Å². The first-order valence-corrected chi connectivity index (χ1v) is 26.1. The van der Waals surface area contributed by atoms with Crippen LogP contribution in [0.2, 0.25) is 0 Å². The first-order valence-electron chi connectivity index (χ1n) is 26.1. The summed E-state index contributed by atoms with van der Waals surface area (Å²) in [5.41, 5.74) is 0. The van der Waals surface area contributed by atoms with Crippen LogP contribution in [-0.4, -0.2) is 37.9 Å². The third kappa shape index (κ3) is 49.7. The van der Waals surface area contributed by atoms with Crippen molar-refractivity contribution in [2.24, 2.45) is 0 Å². The SMILES string of the molecule is CC/C=C\C/C=C\C/C=C\CCCCCCCCCCOCC(COC(=O)CCCCCCCCC/C=C\C/C=C\C/C=C\CC)OC(=O)CCCCCCC/C=C\CCCC. The van der Waals surface area contributed by atoms with Gasteiger partial charge in [0.2, 0.25) is 0 Å². The van der Waals surface area contributed by atoms with Crippen LogP contribution >= 0.6 is 0 Å². The van der Waals surface area contributed by atoms with Gasteiger partial charge in [0, 0.05) is 19.4 Å². The lowest BCUT2D eigenvalue weighted by Crippen LogP contribution is -2.30. The second-order valence-corrected chi connectivity index (χ2v) is 17.0. The molecule has 0 rings (SSSR count). The molecule has 0 saturated carbocycles. The van der Waals surface area contributed by atoms with E-state index in [9.17, 15) is 9.59 Å². The fraction of sp³-hybridized carbons (Fsp3) is 0.719. The van der Waals surface area contributed by atoms with Crippen LogP contribution in [0.4, 0.5) is 0 Å². The highest BCUT2D eigenvalue weighted by molar-refractivity contribution is 5.70. The summed E-state index contributed by atoms with van der Waals surface area (Å²) in [6.07, 6.45) is 68.8. The number of carbonyl (C=O) groups is 2. The monoisotopic (exact) mass is 863 g/mol. The third-order valence-corrected chi connectivity index (χ3v) is 10.9. The Morgan fingerprint density at radius 2 is 0.726 bits per heavy atom. The molecule has 356 valence electrons. The van der Waals surface area contributed by atoms with E-state index in [-0.39, 0.29) is 25.2 Å². The number of carbonyl (C=O) groups excluding carboxylic acids is 2. The van der Waals surface area contributed by atoms with E-state index in [0.717, 1.165) is 103 Å². The van der Waals surface area contributed by atoms with E-state index in [2.05, 4.69) is 106 Å². The maximum absolute atomic E-state index is 12.8. The summed E-state index contributed by atoms with van der Waals surface area (Å²) in [6, 6.07) is 0. The zero-order valence-electron chi connectivity index (χ0n) is 40.9. The van der Waals surface area contributed by atoms with Crippen molar-refractivity contribution in [3.8, 4) is 0 Å². The summed E-state index contributed by atoms with van der Waals surface area (Å²) < 4.78 is 17.4. The minimum absolute atomic E-state index is 0.0706. The summed E-state index contributed by atoms with van der Waals surface area (Å²) in [5.74, 6) is -0.423. The van der Waals surface area contributed by atoms with Gasteiger partial charge in [-0.3, -0.25) is 9.59 Å². The van der Waals surface area contributed by atoms with Gasteiger partial charge in [0.05, 0.1) is 6.61 Å². The van der Waals surface area contributed by atoms with E-state index < -0.39 is 6.10 Å². The van der Waals surface area contributed by atoms with E-state index in [1.54, 1.807) is 0 Å². The number of hydrogen-bond acceptors (Lipinski definition) is 5. The summed E-state index contributed by atoms with van der Waals surface area (Å²) in [5, 5.41) is 0. The molecule has 0 aliphatic carbocycles. The predicted molar refractivity (Wildman–Crippen MR) is 270 cm³/mol. The third-order valence-electron chi connectivity index (χ3n) is 10.9. The average molecular weight is 863 g/mol. The normalized spacial score (nSPS) is 12.9. The number of esters is 2. The van der Waals surface area contributed by atoms with E-state index >= 15 is 0 Å². The number of ether oxygens (including phenoxy) is 3. The molecule has 0 saturated heterocycles. The van der Waals surface area contributed by atoms with Crippen molar-refractivity contribution in [3.63, 3.8) is 0 Å². The first-order chi connectivity index (χ1) is 30.6. The first kappa shape index (κ1) is 59.1. The average Bonchev–Trinajstić information content (AvgIpc) is 3.27. The Hall–Kier alpha value is -2.92. The molecule has 5 nitrogen and oxygen atoms in total. The summed E-state index contributed by atoms with van der Waals surface area (Å²) in [7, 11) is 0. The minimum Gasteiger partial charge on any atom is -0.462 e. The van der Waals surface area contributed by atoms with Crippen LogP contribution in [0.3, 0.4) is 0 Å². The van der Waals surface area contributed by atoms with Gasteiger partial charge in [-0.2, -0.15) is 0 Å². The summed E-state index contributed by atoms with van der Waals surface area (Å²) in [4.78, 5) is 25.4. The molecule has 0 amide bonds. The van der Waals surface area contributed by atoms with Gasteiger partial charge >= 0.3 is 11.9 Å². The van der Waals surface area contributed by atoms with Crippen LogP contribution in [0.1, 0.15) is 239 Å². The molecule has 0 bridgehead atoms. The molecule has 0 heterocycles. The van der Waals surface area contributed by atoms with Gasteiger partial charge < -0.3 is 14.2 Å². The fourth-order valence-corrected chi connectivity index (χ4v) is 7.05. The fourth-order valence-electron chi connectivity index (χ4n) is 7.05. The Morgan fingerprint density at radius 1 is 0.371 bits per heavy atom. The molecule has 0 aromatic heterocycles. The van der Waals surface area contributed by atoms with Crippen LogP contribution < -0.4 is 0 Å². The van der Waals surface area contributed by atoms with Crippen molar-refractivity contribution < 1.29 is 23.8 Å². The smallest absolute Gasteiger partial charge is 0.306 e. The van der Waals surface area contributed by atoms with Gasteiger partial charge in [0.1, 0.15) is 6.61 Å². The molecule has 1 atom stereocenters. The van der Waals surface area contributed by atoms with Crippen LogP contribution in [0.25, 0.3) is 0 Å². The van der Waals surface area contributed by atoms with E-state index in [0.29, 0.717) is 19.4 Å². The molecule has 5 heteroatoms. The van der Waals surface area contributed by atoms with Gasteiger partial charge in [0.25, 0.3) is 0 Å². The molecule has 0 aliphatic heterocycles. The van der Waals surface area contributed by atoms with E-state index in [1.165, 1.54) is 103 Å². The van der Waals surface area contributed by atoms with Crippen molar-refractivity contribution in [2.75, 3.05) is 19.8 Å². The molecular weight excluding hydrogens is 765 g/mol. The van der Waals surface area contributed by atoms with Crippen molar-refractivity contribution >= 4 is 11.9 Å². The van der Waals surface area contributed by atoms with Crippen molar-refractivity contribution in [3.05, 3.63) is 85.1 Å². The van der Waals surface area contributed by atoms with Crippen LogP contribution in [0.5, 0.6) is 0 Å². The lowest BCUT2D eigenvalue weighted by atomic mass is 10.1. The van der Waals surface area contributed by atoms with Crippen LogP contribution in [-0.2, 0) is 23.8 Å². The molecular formula is C57H98O5. The Labute approximate surface area is 384 Å². The number of rotatable bonds is 47. The number of allylic oxidation sites excluding steroid dienone is 14. The highest BCUT2D eigenvalue weighted by atomic mass is 16.6. The van der Waals surface area contributed by atoms with Crippen molar-refractivity contribution in [1.82, 2.24) is 0 Å². The Morgan fingerprint density at radius 3 is 1.18 bits per heavy atom. The van der Waals surface area contributed by atoms with Crippen LogP contribution in [0.15, 0.2) is 85.1 Å². The highest BCUT2D eigenvalue weighted by Gasteiger charge is 2.17. The zero-order valence-corrected chi connectivity index (χ0v) is 40.9. The lowest BCUT2D eigenvalue weighted by molar-refractivity contribution is -0.163. The standard InChI is InChI=1S/C57H98O5/c1-4-7-10-13-16-19-22-24-26-28-30-32-34-37-40-43-46-49-52-60-53-55(62-57(59)51-48-45-42-39-35-21-18-15-12-9-6-3)54-61-56(58)50-47-44-41-38-36-33-31-29-27-25-23-20-17-14-11-8-5-2/h7-8,10-11,15-20,24-27,55H,4-6,9,12-14,21-23,28-54H2,1-3H3/b10-7-,11-8-,18-15-,19-16-,20-17-,26-24-,27-25-. The minimum atomic E-state index is -0.551. The predicted octanol–water partition coefficient (Wildman–Crippen LogP) is 17.7. The molecule has 1 unspecified atom stereocenters. The largest absolute Gasteiger partial charge is 0.462 e. The maximum atomic E-state index is 12.8. The number of hydrogen-bond donors (Lipinski definition) is 0. The summed E-state index contributed by atoms with van der Waals surface area (Å²) >= 11 is 0. The molecule has 0 radical (unpaired) electrons. The molecule has 0 aliphatic rings. The Bertz CT molecular complexity index is 1160. The van der Waals surface area contributed by atoms with E-state index in [1.807, 2.05) is 0 Å². The Balaban J connectivity index is 4.26. The quantitative estimate of drug-likeness (QED) is 0.0346. The highest BCUT2D eigenvalue weighted by Crippen LogP contribution is 2.14.